The molecule has 3 aromatic rings. The third-order valence-corrected chi connectivity index (χ3v) is 9.94. The molecule has 188 valence electrons. The van der Waals surface area contributed by atoms with Crippen LogP contribution in [-0.4, -0.2) is 31.5 Å². The molecule has 0 heterocycles. The molecule has 0 spiro atoms. The van der Waals surface area contributed by atoms with Gasteiger partial charge in [0, 0.05) is 36.5 Å². The Morgan fingerprint density at radius 1 is 0.629 bits per heavy atom. The SMILES string of the molecule is COc1cc(Cc2cc(CO)c(OC)c(Br)c2Cc2cc(OC)c(C)c(Br)c2Br)c(Br)cc1CO. The van der Waals surface area contributed by atoms with Gasteiger partial charge in [-0.15, -0.1) is 0 Å². The molecule has 0 unspecified atom stereocenters. The Morgan fingerprint density at radius 2 is 1.26 bits per heavy atom. The summed E-state index contributed by atoms with van der Waals surface area (Å²) < 4.78 is 20.3. The normalized spacial score (nSPS) is 11.0. The van der Waals surface area contributed by atoms with Gasteiger partial charge in [-0.1, -0.05) is 15.9 Å². The number of benzene rings is 3. The monoisotopic (exact) mass is 734 g/mol. The number of halogens is 4. The van der Waals surface area contributed by atoms with Gasteiger partial charge in [0.15, 0.2) is 0 Å². The van der Waals surface area contributed by atoms with Crippen LogP contribution in [0.15, 0.2) is 42.2 Å². The molecule has 0 amide bonds. The fraction of sp³-hybridized carbons (Fsp3) is 0.308. The predicted octanol–water partition coefficient (Wildman–Crippen LogP) is 7.24. The molecule has 5 nitrogen and oxygen atoms in total. The maximum Gasteiger partial charge on any atom is 0.138 e. The van der Waals surface area contributed by atoms with Gasteiger partial charge in [-0.2, -0.15) is 0 Å². The van der Waals surface area contributed by atoms with Crippen LogP contribution in [0.4, 0.5) is 0 Å². The fourth-order valence-electron chi connectivity index (χ4n) is 4.03. The van der Waals surface area contributed by atoms with E-state index in [-0.39, 0.29) is 13.2 Å². The predicted molar refractivity (Wildman–Crippen MR) is 152 cm³/mol. The van der Waals surface area contributed by atoms with E-state index in [2.05, 4.69) is 63.7 Å². The van der Waals surface area contributed by atoms with E-state index in [1.807, 2.05) is 31.2 Å². The summed E-state index contributed by atoms with van der Waals surface area (Å²) in [5.41, 5.74) is 6.47. The number of aliphatic hydroxyl groups is 2. The van der Waals surface area contributed by atoms with Crippen LogP contribution >= 0.6 is 63.7 Å². The Kier molecular flexibility index (Phi) is 10.1. The Balaban J connectivity index is 2.20. The number of methoxy groups -OCH3 is 3. The van der Waals surface area contributed by atoms with E-state index < -0.39 is 0 Å². The third kappa shape index (κ3) is 5.91. The molecule has 0 saturated heterocycles. The molecular weight excluding hydrogens is 712 g/mol. The molecule has 0 aliphatic carbocycles. The molecule has 35 heavy (non-hydrogen) atoms. The van der Waals surface area contributed by atoms with Crippen LogP contribution in [0.3, 0.4) is 0 Å². The first-order chi connectivity index (χ1) is 16.7. The molecular formula is C26H26Br4O5. The fourth-order valence-corrected chi connectivity index (χ4v) is 6.38. The number of rotatable bonds is 9. The average molecular weight is 738 g/mol. The molecule has 0 atom stereocenters. The zero-order valence-corrected chi connectivity index (χ0v) is 26.1. The molecule has 0 fully saturated rings. The van der Waals surface area contributed by atoms with Crippen molar-refractivity contribution >= 4 is 63.7 Å². The summed E-state index contributed by atoms with van der Waals surface area (Å²) in [4.78, 5) is 0. The van der Waals surface area contributed by atoms with Gasteiger partial charge in [-0.25, -0.2) is 0 Å². The lowest BCUT2D eigenvalue weighted by molar-refractivity contribution is 0.273. The quantitative estimate of drug-likeness (QED) is 0.243. The van der Waals surface area contributed by atoms with Crippen LogP contribution in [0.5, 0.6) is 17.2 Å². The maximum absolute atomic E-state index is 10.0. The zero-order chi connectivity index (χ0) is 25.9. The lowest BCUT2D eigenvalue weighted by Gasteiger charge is -2.21. The first-order valence-corrected chi connectivity index (χ1v) is 13.8. The second-order valence-electron chi connectivity index (χ2n) is 7.94. The highest BCUT2D eigenvalue weighted by molar-refractivity contribution is 9.13. The van der Waals surface area contributed by atoms with Gasteiger partial charge in [0.25, 0.3) is 0 Å². The van der Waals surface area contributed by atoms with Crippen LogP contribution in [0, 0.1) is 6.92 Å². The van der Waals surface area contributed by atoms with Gasteiger partial charge in [-0.05, 0) is 108 Å². The van der Waals surface area contributed by atoms with Crippen molar-refractivity contribution in [3.63, 3.8) is 0 Å². The smallest absolute Gasteiger partial charge is 0.138 e. The average Bonchev–Trinajstić information content (AvgIpc) is 2.86. The minimum atomic E-state index is -0.156. The summed E-state index contributed by atoms with van der Waals surface area (Å²) in [6.07, 6.45) is 1.15. The van der Waals surface area contributed by atoms with Gasteiger partial charge in [-0.3, -0.25) is 0 Å². The highest BCUT2D eigenvalue weighted by atomic mass is 79.9. The Bertz CT molecular complexity index is 1240. The van der Waals surface area contributed by atoms with Crippen LogP contribution < -0.4 is 14.2 Å². The van der Waals surface area contributed by atoms with Crippen molar-refractivity contribution in [2.45, 2.75) is 33.0 Å². The van der Waals surface area contributed by atoms with Gasteiger partial charge in [0.2, 0.25) is 0 Å². The van der Waals surface area contributed by atoms with E-state index >= 15 is 0 Å². The Labute approximate surface area is 239 Å². The summed E-state index contributed by atoms with van der Waals surface area (Å²) >= 11 is 14.8. The molecule has 2 N–H and O–H groups in total. The largest absolute Gasteiger partial charge is 0.496 e. The molecule has 0 aromatic heterocycles. The van der Waals surface area contributed by atoms with Gasteiger partial charge >= 0.3 is 0 Å². The zero-order valence-electron chi connectivity index (χ0n) is 19.8. The molecule has 0 bridgehead atoms. The summed E-state index contributed by atoms with van der Waals surface area (Å²) in [5.74, 6) is 2.02. The molecule has 3 rings (SSSR count). The van der Waals surface area contributed by atoms with E-state index in [1.165, 1.54) is 0 Å². The van der Waals surface area contributed by atoms with Crippen molar-refractivity contribution in [2.24, 2.45) is 0 Å². The van der Waals surface area contributed by atoms with Gasteiger partial charge in [0.05, 0.1) is 39.0 Å². The highest BCUT2D eigenvalue weighted by Gasteiger charge is 2.21. The number of ether oxygens (including phenoxy) is 3. The first kappa shape index (κ1) is 28.5. The summed E-state index contributed by atoms with van der Waals surface area (Å²) in [7, 11) is 4.85. The van der Waals surface area contributed by atoms with Crippen LogP contribution in [-0.2, 0) is 26.1 Å². The summed E-state index contributed by atoms with van der Waals surface area (Å²) in [6, 6.07) is 7.81. The number of hydrogen-bond acceptors (Lipinski definition) is 5. The third-order valence-electron chi connectivity index (χ3n) is 5.93. The van der Waals surface area contributed by atoms with Crippen LogP contribution in [0.25, 0.3) is 0 Å². The topological polar surface area (TPSA) is 68.2 Å². The van der Waals surface area contributed by atoms with Crippen molar-refractivity contribution in [1.29, 1.82) is 0 Å². The second-order valence-corrected chi connectivity index (χ2v) is 11.2. The molecule has 0 aliphatic heterocycles. The molecule has 0 saturated carbocycles. The molecule has 3 aromatic carbocycles. The maximum atomic E-state index is 10.0. The molecule has 0 aliphatic rings. The number of hydrogen-bond donors (Lipinski definition) is 2. The summed E-state index contributed by atoms with van der Waals surface area (Å²) in [6.45, 7) is 1.73. The van der Waals surface area contributed by atoms with Crippen LogP contribution in [0.2, 0.25) is 0 Å². The lowest BCUT2D eigenvalue weighted by atomic mass is 9.92. The van der Waals surface area contributed by atoms with Crippen LogP contribution in [0.1, 0.15) is 38.9 Å². The minimum Gasteiger partial charge on any atom is -0.496 e. The van der Waals surface area contributed by atoms with Crippen molar-refractivity contribution in [2.75, 3.05) is 21.3 Å². The Morgan fingerprint density at radius 3 is 1.83 bits per heavy atom. The minimum absolute atomic E-state index is 0.117. The van der Waals surface area contributed by atoms with Crippen molar-refractivity contribution in [3.05, 3.63) is 81.1 Å². The lowest BCUT2D eigenvalue weighted by Crippen LogP contribution is -2.06. The summed E-state index contributed by atoms with van der Waals surface area (Å²) in [5, 5.41) is 19.7. The van der Waals surface area contributed by atoms with Gasteiger partial charge in [0.1, 0.15) is 17.2 Å². The number of aliphatic hydroxyl groups excluding tert-OH is 2. The van der Waals surface area contributed by atoms with E-state index in [0.29, 0.717) is 35.5 Å². The molecule has 9 heteroatoms. The van der Waals surface area contributed by atoms with E-state index in [0.717, 1.165) is 51.5 Å². The first-order valence-electron chi connectivity index (χ1n) is 10.7. The van der Waals surface area contributed by atoms with Gasteiger partial charge < -0.3 is 24.4 Å². The van der Waals surface area contributed by atoms with Crippen molar-refractivity contribution in [1.82, 2.24) is 0 Å². The van der Waals surface area contributed by atoms with Crippen molar-refractivity contribution < 1.29 is 24.4 Å². The standard InChI is InChI=1S/C26H26Br4O5/c1-13-21(33-2)10-16(24(29)23(13)28)7-19-14(6-18(12-32)26(35-4)25(19)30)5-15-9-22(34-3)17(11-31)8-20(15)27/h6,8-10,31-32H,5,7,11-12H2,1-4H3. The van der Waals surface area contributed by atoms with E-state index in [1.54, 1.807) is 21.3 Å². The highest BCUT2D eigenvalue weighted by Crippen LogP contribution is 2.42. The van der Waals surface area contributed by atoms with E-state index in [9.17, 15) is 10.2 Å². The Hall–Kier alpha value is -1.10. The second kappa shape index (κ2) is 12.4. The van der Waals surface area contributed by atoms with E-state index in [4.69, 9.17) is 14.2 Å². The van der Waals surface area contributed by atoms with Crippen molar-refractivity contribution in [3.8, 4) is 17.2 Å². The molecule has 0 radical (unpaired) electrons.